The maximum atomic E-state index is 13.4. The van der Waals surface area contributed by atoms with Gasteiger partial charge in [-0.05, 0) is 62.8 Å². The predicted octanol–water partition coefficient (Wildman–Crippen LogP) is 3.59. The van der Waals surface area contributed by atoms with Crippen LogP contribution in [0.25, 0.3) is 10.2 Å². The highest BCUT2D eigenvalue weighted by atomic mass is 32.1. The van der Waals surface area contributed by atoms with Crippen LogP contribution in [0, 0.1) is 0 Å². The van der Waals surface area contributed by atoms with E-state index in [0.717, 1.165) is 67.8 Å². The van der Waals surface area contributed by atoms with E-state index in [2.05, 4.69) is 35.8 Å². The Balaban J connectivity index is 1.30. The maximum absolute atomic E-state index is 13.4. The fourth-order valence-electron chi connectivity index (χ4n) is 5.32. The number of hydrogen-bond acceptors (Lipinski definition) is 6. The summed E-state index contributed by atoms with van der Waals surface area (Å²) in [6.07, 6.45) is 5.72. The molecule has 1 fully saturated rings. The number of ether oxygens (including phenoxy) is 1. The van der Waals surface area contributed by atoms with Crippen molar-refractivity contribution in [2.24, 2.45) is 0 Å². The van der Waals surface area contributed by atoms with E-state index in [1.807, 2.05) is 12.1 Å². The quantitative estimate of drug-likeness (QED) is 0.556. The summed E-state index contributed by atoms with van der Waals surface area (Å²) in [4.78, 5) is 25.6. The molecule has 1 aliphatic carbocycles. The molecule has 0 bridgehead atoms. The molecule has 1 saturated heterocycles. The second kappa shape index (κ2) is 9.57. The zero-order valence-electron chi connectivity index (χ0n) is 19.9. The molecule has 1 aliphatic heterocycles. The second-order valence-corrected chi connectivity index (χ2v) is 10.7. The molecule has 0 unspecified atom stereocenters. The number of thiophene rings is 1. The smallest absolute Gasteiger partial charge is 0.262 e. The summed E-state index contributed by atoms with van der Waals surface area (Å²) in [5.74, 6) is 0.851. The standard InChI is InChI=1S/C26H34N4O2S/c1-18(2)28-12-14-29(15-13-28)20-6-9-22-23(16-20)33-25-24(22)26(31)30(17-27-25)11-10-19-4-7-21(32-3)8-5-19/h4-5,7-8,17-18,20H,6,9-16H2,1-3H3/t20-/m1/s1. The molecule has 0 spiro atoms. The van der Waals surface area contributed by atoms with Gasteiger partial charge >= 0.3 is 0 Å². The summed E-state index contributed by atoms with van der Waals surface area (Å²) in [6, 6.07) is 9.28. The lowest BCUT2D eigenvalue weighted by atomic mass is 9.91. The highest BCUT2D eigenvalue weighted by molar-refractivity contribution is 7.18. The van der Waals surface area contributed by atoms with Gasteiger partial charge in [-0.1, -0.05) is 12.1 Å². The molecular formula is C26H34N4O2S. The number of nitrogens with zero attached hydrogens (tertiary/aromatic N) is 4. The zero-order chi connectivity index (χ0) is 22.9. The van der Waals surface area contributed by atoms with Crippen molar-refractivity contribution >= 4 is 21.6 Å². The molecule has 5 rings (SSSR count). The Hall–Kier alpha value is -2.22. The van der Waals surface area contributed by atoms with Gasteiger partial charge in [-0.15, -0.1) is 11.3 Å². The van der Waals surface area contributed by atoms with Crippen LogP contribution in [-0.4, -0.2) is 64.7 Å². The average Bonchev–Trinajstić information content (AvgIpc) is 3.22. The molecule has 33 heavy (non-hydrogen) atoms. The number of fused-ring (bicyclic) bond motifs is 3. The Bertz CT molecular complexity index is 1160. The van der Waals surface area contributed by atoms with Crippen molar-refractivity contribution in [2.75, 3.05) is 33.3 Å². The first-order valence-electron chi connectivity index (χ1n) is 12.1. The Morgan fingerprint density at radius 3 is 2.61 bits per heavy atom. The van der Waals surface area contributed by atoms with E-state index in [4.69, 9.17) is 9.72 Å². The van der Waals surface area contributed by atoms with Crippen molar-refractivity contribution in [1.82, 2.24) is 19.4 Å². The number of aromatic nitrogens is 2. The summed E-state index contributed by atoms with van der Waals surface area (Å²) in [5, 5.41) is 0.871. The normalized spacial score (nSPS) is 19.8. The first-order chi connectivity index (χ1) is 16.0. The van der Waals surface area contributed by atoms with Gasteiger partial charge in [-0.25, -0.2) is 4.98 Å². The van der Waals surface area contributed by atoms with Crippen LogP contribution >= 0.6 is 11.3 Å². The Morgan fingerprint density at radius 2 is 1.91 bits per heavy atom. The van der Waals surface area contributed by atoms with E-state index in [1.165, 1.54) is 16.0 Å². The van der Waals surface area contributed by atoms with E-state index < -0.39 is 0 Å². The largest absolute Gasteiger partial charge is 0.497 e. The summed E-state index contributed by atoms with van der Waals surface area (Å²) in [6.45, 7) is 9.84. The van der Waals surface area contributed by atoms with Gasteiger partial charge in [0.1, 0.15) is 10.6 Å². The summed E-state index contributed by atoms with van der Waals surface area (Å²) in [7, 11) is 1.67. The molecule has 6 nitrogen and oxygen atoms in total. The third kappa shape index (κ3) is 4.59. The minimum atomic E-state index is 0.120. The van der Waals surface area contributed by atoms with Crippen LogP contribution in [0.1, 0.15) is 36.3 Å². The van der Waals surface area contributed by atoms with Crippen LogP contribution in [0.5, 0.6) is 5.75 Å². The number of rotatable bonds is 6. The third-order valence-electron chi connectivity index (χ3n) is 7.41. The third-order valence-corrected chi connectivity index (χ3v) is 8.57. The van der Waals surface area contributed by atoms with Crippen LogP contribution in [0.2, 0.25) is 0 Å². The van der Waals surface area contributed by atoms with Gasteiger partial charge in [0.2, 0.25) is 0 Å². The van der Waals surface area contributed by atoms with Crippen LogP contribution in [0.3, 0.4) is 0 Å². The molecule has 0 N–H and O–H groups in total. The Morgan fingerprint density at radius 1 is 1.15 bits per heavy atom. The lowest BCUT2D eigenvalue weighted by Gasteiger charge is -2.42. The molecular weight excluding hydrogens is 432 g/mol. The fraction of sp³-hybridized carbons (Fsp3) is 0.538. The number of hydrogen-bond donors (Lipinski definition) is 0. The molecule has 2 aliphatic rings. The molecule has 2 aromatic heterocycles. The van der Waals surface area contributed by atoms with Crippen molar-refractivity contribution < 1.29 is 4.74 Å². The van der Waals surface area contributed by atoms with E-state index in [1.54, 1.807) is 29.3 Å². The van der Waals surface area contributed by atoms with Gasteiger partial charge in [0, 0.05) is 49.7 Å². The van der Waals surface area contributed by atoms with Gasteiger partial charge in [-0.3, -0.25) is 19.2 Å². The number of methoxy groups -OCH3 is 1. The molecule has 0 radical (unpaired) electrons. The lowest BCUT2D eigenvalue weighted by Crippen LogP contribution is -2.53. The molecule has 1 aromatic carbocycles. The lowest BCUT2D eigenvalue weighted by molar-refractivity contribution is 0.0735. The topological polar surface area (TPSA) is 50.6 Å². The first-order valence-corrected chi connectivity index (χ1v) is 13.0. The predicted molar refractivity (Wildman–Crippen MR) is 135 cm³/mol. The van der Waals surface area contributed by atoms with Crippen molar-refractivity contribution in [1.29, 1.82) is 0 Å². The van der Waals surface area contributed by atoms with Crippen molar-refractivity contribution in [3.8, 4) is 5.75 Å². The highest BCUT2D eigenvalue weighted by Gasteiger charge is 2.30. The number of benzene rings is 1. The minimum Gasteiger partial charge on any atom is -0.497 e. The summed E-state index contributed by atoms with van der Waals surface area (Å²) < 4.78 is 7.02. The Kier molecular flexibility index (Phi) is 6.54. The van der Waals surface area contributed by atoms with Gasteiger partial charge in [-0.2, -0.15) is 0 Å². The van der Waals surface area contributed by atoms with Gasteiger partial charge in [0.25, 0.3) is 5.56 Å². The molecule has 0 saturated carbocycles. The van der Waals surface area contributed by atoms with Crippen LogP contribution < -0.4 is 10.3 Å². The highest BCUT2D eigenvalue weighted by Crippen LogP contribution is 2.35. The molecule has 3 aromatic rings. The molecule has 0 amide bonds. The Labute approximate surface area is 199 Å². The van der Waals surface area contributed by atoms with Gasteiger partial charge in [0.15, 0.2) is 0 Å². The van der Waals surface area contributed by atoms with E-state index >= 15 is 0 Å². The SMILES string of the molecule is COc1ccc(CCn2cnc3sc4c(c3c2=O)CC[C@@H](N2CCN(C(C)C)CC2)C4)cc1. The van der Waals surface area contributed by atoms with Crippen LogP contribution in [-0.2, 0) is 25.8 Å². The first kappa shape index (κ1) is 22.6. The molecule has 7 heteroatoms. The van der Waals surface area contributed by atoms with Crippen LogP contribution in [0.4, 0.5) is 0 Å². The monoisotopic (exact) mass is 466 g/mol. The van der Waals surface area contributed by atoms with Crippen molar-refractivity contribution in [3.05, 3.63) is 57.0 Å². The van der Waals surface area contributed by atoms with Crippen LogP contribution in [0.15, 0.2) is 35.4 Å². The van der Waals surface area contributed by atoms with Crippen molar-refractivity contribution in [2.45, 2.75) is 58.2 Å². The maximum Gasteiger partial charge on any atom is 0.262 e. The summed E-state index contributed by atoms with van der Waals surface area (Å²) in [5.41, 5.74) is 2.58. The van der Waals surface area contributed by atoms with Gasteiger partial charge in [0.05, 0.1) is 18.8 Å². The average molecular weight is 467 g/mol. The van der Waals surface area contributed by atoms with E-state index in [9.17, 15) is 4.79 Å². The second-order valence-electron chi connectivity index (χ2n) is 9.59. The molecule has 1 atom stereocenters. The number of piperazine rings is 1. The van der Waals surface area contributed by atoms with Crippen molar-refractivity contribution in [3.63, 3.8) is 0 Å². The zero-order valence-corrected chi connectivity index (χ0v) is 20.7. The van der Waals surface area contributed by atoms with E-state index in [0.29, 0.717) is 18.6 Å². The molecule has 3 heterocycles. The number of aryl methyl sites for hydroxylation is 3. The minimum absolute atomic E-state index is 0.120. The molecule has 176 valence electrons. The van der Waals surface area contributed by atoms with E-state index in [-0.39, 0.29) is 5.56 Å². The summed E-state index contributed by atoms with van der Waals surface area (Å²) >= 11 is 1.74. The fourth-order valence-corrected chi connectivity index (χ4v) is 6.56. The van der Waals surface area contributed by atoms with Gasteiger partial charge < -0.3 is 4.74 Å².